The van der Waals surface area contributed by atoms with Gasteiger partial charge in [0, 0.05) is 31.2 Å². The first-order valence-corrected chi connectivity index (χ1v) is 9.61. The van der Waals surface area contributed by atoms with E-state index in [-0.39, 0.29) is 18.1 Å². The van der Waals surface area contributed by atoms with Crippen LogP contribution < -0.4 is 26.7 Å². The Balaban J connectivity index is 1.51. The molecule has 0 radical (unpaired) electrons. The summed E-state index contributed by atoms with van der Waals surface area (Å²) in [4.78, 5) is 22.5. The zero-order valence-corrected chi connectivity index (χ0v) is 17.3. The first kappa shape index (κ1) is 21.2. The van der Waals surface area contributed by atoms with Gasteiger partial charge in [-0.3, -0.25) is 15.6 Å². The van der Waals surface area contributed by atoms with Gasteiger partial charge >= 0.3 is 0 Å². The molecule has 0 atom stereocenters. The molecular formula is C17H22Cl2N8O2. The van der Waals surface area contributed by atoms with Gasteiger partial charge in [0.2, 0.25) is 0 Å². The normalized spacial score (nSPS) is 15.0. The summed E-state index contributed by atoms with van der Waals surface area (Å²) in [6.07, 6.45) is 1.35. The highest BCUT2D eigenvalue weighted by Gasteiger charge is 2.16. The zero-order chi connectivity index (χ0) is 20.8. The lowest BCUT2D eigenvalue weighted by molar-refractivity contribution is -0.122. The summed E-state index contributed by atoms with van der Waals surface area (Å²) in [7, 11) is 2.08. The van der Waals surface area contributed by atoms with Crippen molar-refractivity contribution in [1.82, 2.24) is 25.3 Å². The number of hydrogen-bond donors (Lipinski definition) is 4. The number of hydrazine groups is 2. The van der Waals surface area contributed by atoms with Crippen molar-refractivity contribution in [3.63, 3.8) is 0 Å². The van der Waals surface area contributed by atoms with Gasteiger partial charge in [-0.1, -0.05) is 23.2 Å². The number of hydrogen-bond acceptors (Lipinski definition) is 9. The van der Waals surface area contributed by atoms with E-state index in [0.29, 0.717) is 21.6 Å². The summed E-state index contributed by atoms with van der Waals surface area (Å²) in [5.41, 5.74) is 14.7. The summed E-state index contributed by atoms with van der Waals surface area (Å²) in [6, 6.07) is 4.74. The first-order chi connectivity index (χ1) is 13.9. The summed E-state index contributed by atoms with van der Waals surface area (Å²) < 4.78 is 5.38. The van der Waals surface area contributed by atoms with Crippen molar-refractivity contribution < 1.29 is 9.53 Å². The molecule has 2 aromatic rings. The molecule has 1 amide bonds. The highest BCUT2D eigenvalue weighted by molar-refractivity contribution is 6.35. The largest absolute Gasteiger partial charge is 0.482 e. The van der Waals surface area contributed by atoms with Crippen LogP contribution in [0.3, 0.4) is 0 Å². The fraction of sp³-hybridized carbons (Fsp3) is 0.353. The Hall–Kier alpha value is -2.53. The molecule has 1 aliphatic heterocycles. The van der Waals surface area contributed by atoms with E-state index in [2.05, 4.69) is 38.2 Å². The maximum absolute atomic E-state index is 12.0. The number of amides is 1. The molecule has 0 saturated carbocycles. The van der Waals surface area contributed by atoms with Crippen LogP contribution in [0.15, 0.2) is 24.5 Å². The molecule has 1 aliphatic rings. The van der Waals surface area contributed by atoms with Gasteiger partial charge in [-0.2, -0.15) is 0 Å². The number of benzene rings is 1. The summed E-state index contributed by atoms with van der Waals surface area (Å²) in [5.74, 6) is 0.647. The Labute approximate surface area is 178 Å². The van der Waals surface area contributed by atoms with E-state index in [9.17, 15) is 4.79 Å². The second-order valence-electron chi connectivity index (χ2n) is 6.42. The second-order valence-corrected chi connectivity index (χ2v) is 7.27. The number of carbonyl (C=O) groups is 1. The fourth-order valence-corrected chi connectivity index (χ4v) is 3.02. The molecule has 0 unspecified atom stereocenters. The van der Waals surface area contributed by atoms with Crippen LogP contribution in [0.1, 0.15) is 0 Å². The molecule has 1 fully saturated rings. The van der Waals surface area contributed by atoms with Crippen molar-refractivity contribution in [2.75, 3.05) is 56.4 Å². The molecule has 156 valence electrons. The van der Waals surface area contributed by atoms with Gasteiger partial charge in [0.25, 0.3) is 5.91 Å². The molecule has 0 aliphatic carbocycles. The van der Waals surface area contributed by atoms with Crippen molar-refractivity contribution in [2.45, 2.75) is 0 Å². The highest BCUT2D eigenvalue weighted by atomic mass is 35.5. The van der Waals surface area contributed by atoms with Crippen LogP contribution >= 0.6 is 23.2 Å². The quantitative estimate of drug-likeness (QED) is 0.474. The number of nitrogens with zero attached hydrogens (tertiary/aromatic N) is 4. The van der Waals surface area contributed by atoms with Gasteiger partial charge in [-0.25, -0.2) is 15.0 Å². The lowest BCUT2D eigenvalue weighted by atomic mass is 10.3. The van der Waals surface area contributed by atoms with Crippen LogP contribution in [0.4, 0.5) is 17.3 Å². The highest BCUT2D eigenvalue weighted by Crippen LogP contribution is 2.27. The number of anilines is 3. The molecule has 1 aromatic heterocycles. The zero-order valence-electron chi connectivity index (χ0n) is 15.8. The molecule has 12 heteroatoms. The van der Waals surface area contributed by atoms with E-state index in [1.165, 1.54) is 12.4 Å². The van der Waals surface area contributed by atoms with E-state index in [1.807, 2.05) is 5.01 Å². The van der Waals surface area contributed by atoms with Gasteiger partial charge in [0.15, 0.2) is 18.2 Å². The standard InChI is InChI=1S/C17H22Cl2N8O2/c1-26-4-6-27(7-5-26)25-17-15(20)16(21-10-22-17)24-23-14(28)9-29-13-3-2-11(18)8-12(13)19/h2-3,8,10H,4-7,9,20H2,1H3,(H,23,28)(H2,21,22,24,25). The Morgan fingerprint density at radius 2 is 1.93 bits per heavy atom. The van der Waals surface area contributed by atoms with Crippen LogP contribution in [0, 0.1) is 0 Å². The van der Waals surface area contributed by atoms with E-state index >= 15 is 0 Å². The number of carbonyl (C=O) groups excluding carboxylic acids is 1. The average molecular weight is 441 g/mol. The van der Waals surface area contributed by atoms with Gasteiger partial charge in [-0.05, 0) is 25.2 Å². The number of piperazine rings is 1. The van der Waals surface area contributed by atoms with Gasteiger partial charge in [-0.15, -0.1) is 0 Å². The number of ether oxygens (including phenoxy) is 1. The lowest BCUT2D eigenvalue weighted by Gasteiger charge is -2.32. The van der Waals surface area contributed by atoms with E-state index < -0.39 is 5.91 Å². The average Bonchev–Trinajstić information content (AvgIpc) is 2.69. The minimum absolute atomic E-state index is 0.258. The topological polar surface area (TPSA) is 121 Å². The molecule has 1 aromatic carbocycles. The third kappa shape index (κ3) is 5.97. The molecule has 10 nitrogen and oxygen atoms in total. The van der Waals surface area contributed by atoms with Crippen LogP contribution in [0.2, 0.25) is 10.0 Å². The van der Waals surface area contributed by atoms with Crippen LogP contribution in [-0.2, 0) is 4.79 Å². The predicted molar refractivity (Wildman–Crippen MR) is 113 cm³/mol. The Morgan fingerprint density at radius 3 is 2.66 bits per heavy atom. The van der Waals surface area contributed by atoms with E-state index in [4.69, 9.17) is 33.7 Å². The summed E-state index contributed by atoms with van der Waals surface area (Å²) in [6.45, 7) is 3.30. The molecule has 1 saturated heterocycles. The Bertz CT molecular complexity index is 861. The summed E-state index contributed by atoms with van der Waals surface area (Å²) >= 11 is 11.8. The predicted octanol–water partition coefficient (Wildman–Crippen LogP) is 1.46. The number of rotatable bonds is 7. The number of aromatic nitrogens is 2. The van der Waals surface area contributed by atoms with Crippen molar-refractivity contribution >= 4 is 46.4 Å². The van der Waals surface area contributed by atoms with E-state index in [1.54, 1.807) is 12.1 Å². The minimum Gasteiger partial charge on any atom is -0.482 e. The number of nitrogens with one attached hydrogen (secondary N) is 3. The van der Waals surface area contributed by atoms with Gasteiger partial charge in [0.1, 0.15) is 17.8 Å². The molecule has 3 rings (SSSR count). The van der Waals surface area contributed by atoms with Gasteiger partial charge < -0.3 is 20.8 Å². The number of likely N-dealkylation sites (N-methyl/N-ethyl adjacent to an activating group) is 1. The van der Waals surface area contributed by atoms with Crippen molar-refractivity contribution in [3.8, 4) is 5.75 Å². The van der Waals surface area contributed by atoms with Crippen molar-refractivity contribution in [2.24, 2.45) is 0 Å². The SMILES string of the molecule is CN1CCN(Nc2ncnc(NNC(=O)COc3ccc(Cl)cc3Cl)c2N)CC1. The molecule has 5 N–H and O–H groups in total. The molecule has 29 heavy (non-hydrogen) atoms. The molecular weight excluding hydrogens is 419 g/mol. The van der Waals surface area contributed by atoms with E-state index in [0.717, 1.165) is 26.2 Å². The number of nitrogen functional groups attached to an aromatic ring is 1. The Morgan fingerprint density at radius 1 is 1.21 bits per heavy atom. The second kappa shape index (κ2) is 9.79. The number of nitrogens with two attached hydrogens (primary N) is 1. The molecule has 0 bridgehead atoms. The third-order valence-corrected chi connectivity index (χ3v) is 4.75. The monoisotopic (exact) mass is 440 g/mol. The summed E-state index contributed by atoms with van der Waals surface area (Å²) in [5, 5.41) is 2.83. The van der Waals surface area contributed by atoms with Crippen LogP contribution in [0.25, 0.3) is 0 Å². The molecule has 0 spiro atoms. The smallest absolute Gasteiger partial charge is 0.276 e. The molecule has 2 heterocycles. The first-order valence-electron chi connectivity index (χ1n) is 8.85. The Kier molecular flexibility index (Phi) is 7.15. The minimum atomic E-state index is -0.442. The fourth-order valence-electron chi connectivity index (χ4n) is 2.55. The number of halogens is 2. The van der Waals surface area contributed by atoms with Crippen LogP contribution in [0.5, 0.6) is 5.75 Å². The van der Waals surface area contributed by atoms with Crippen molar-refractivity contribution in [3.05, 3.63) is 34.6 Å². The lowest BCUT2D eigenvalue weighted by Crippen LogP contribution is -2.47. The maximum Gasteiger partial charge on any atom is 0.276 e. The van der Waals surface area contributed by atoms with Crippen LogP contribution in [-0.4, -0.2) is 65.6 Å². The van der Waals surface area contributed by atoms with Crippen molar-refractivity contribution in [1.29, 1.82) is 0 Å². The maximum atomic E-state index is 12.0. The van der Waals surface area contributed by atoms with Gasteiger partial charge in [0.05, 0.1) is 5.02 Å². The third-order valence-electron chi connectivity index (χ3n) is 4.22.